The SMILES string of the molecule is N=C1C(=O)c2c(cc(S(=O)(=O)O)c(O)c2N)C=C1S(=O)(=O)O. The molecule has 1 aromatic carbocycles. The highest BCUT2D eigenvalue weighted by molar-refractivity contribution is 7.91. The summed E-state index contributed by atoms with van der Waals surface area (Å²) in [7, 11) is -9.83. The van der Waals surface area contributed by atoms with Crippen molar-refractivity contribution >= 4 is 43.5 Å². The van der Waals surface area contributed by atoms with Crippen molar-refractivity contribution in [3.8, 4) is 5.75 Å². The highest BCUT2D eigenvalue weighted by Gasteiger charge is 2.35. The second-order valence-electron chi connectivity index (χ2n) is 4.26. The van der Waals surface area contributed by atoms with Crippen LogP contribution in [0.4, 0.5) is 5.69 Å². The van der Waals surface area contributed by atoms with E-state index in [1.807, 2.05) is 0 Å². The number of phenols is 1. The van der Waals surface area contributed by atoms with Crippen molar-refractivity contribution in [1.82, 2.24) is 0 Å². The number of carbonyl (C=O) groups is 1. The van der Waals surface area contributed by atoms with Gasteiger partial charge in [0.05, 0.1) is 11.3 Å². The Morgan fingerprint density at radius 3 is 2.09 bits per heavy atom. The van der Waals surface area contributed by atoms with E-state index in [9.17, 15) is 26.7 Å². The molecule has 118 valence electrons. The summed E-state index contributed by atoms with van der Waals surface area (Å²) in [6.45, 7) is 0. The second-order valence-corrected chi connectivity index (χ2v) is 7.04. The van der Waals surface area contributed by atoms with Crippen LogP contribution in [0.3, 0.4) is 0 Å². The number of anilines is 1. The predicted molar refractivity (Wildman–Crippen MR) is 73.9 cm³/mol. The molecule has 12 heteroatoms. The zero-order chi connectivity index (χ0) is 17.0. The van der Waals surface area contributed by atoms with Gasteiger partial charge in [0.15, 0.2) is 5.75 Å². The third-order valence-corrected chi connectivity index (χ3v) is 4.62. The van der Waals surface area contributed by atoms with Crippen LogP contribution in [0.15, 0.2) is 15.9 Å². The fourth-order valence-corrected chi connectivity index (χ4v) is 3.16. The van der Waals surface area contributed by atoms with Gasteiger partial charge in [0.25, 0.3) is 20.2 Å². The minimum atomic E-state index is -4.92. The maximum atomic E-state index is 12.0. The lowest BCUT2D eigenvalue weighted by atomic mass is 9.92. The summed E-state index contributed by atoms with van der Waals surface area (Å²) in [4.78, 5) is 9.86. The number of aromatic hydroxyl groups is 1. The summed E-state index contributed by atoms with van der Waals surface area (Å²) in [5.41, 5.74) is 2.68. The first-order chi connectivity index (χ1) is 9.85. The molecule has 1 aliphatic carbocycles. The van der Waals surface area contributed by atoms with Crippen LogP contribution in [0.5, 0.6) is 5.75 Å². The summed E-state index contributed by atoms with van der Waals surface area (Å²) >= 11 is 0. The Labute approximate surface area is 123 Å². The Balaban J connectivity index is 2.96. The number of carbonyl (C=O) groups excluding carboxylic acids is 1. The van der Waals surface area contributed by atoms with Gasteiger partial charge in [-0.1, -0.05) is 0 Å². The van der Waals surface area contributed by atoms with E-state index in [2.05, 4.69) is 0 Å². The molecule has 0 aromatic heterocycles. The van der Waals surface area contributed by atoms with Gasteiger partial charge in [0.1, 0.15) is 15.5 Å². The molecule has 0 spiro atoms. The number of nitrogens with two attached hydrogens (primary N) is 1. The van der Waals surface area contributed by atoms with Crippen LogP contribution in [0.1, 0.15) is 15.9 Å². The average molecular weight is 348 g/mol. The van der Waals surface area contributed by atoms with Crippen molar-refractivity contribution in [3.63, 3.8) is 0 Å². The molecular formula is C10H8N2O8S2. The number of nitrogens with one attached hydrogen (secondary N) is 1. The Morgan fingerprint density at radius 2 is 1.64 bits per heavy atom. The van der Waals surface area contributed by atoms with Crippen LogP contribution in [-0.4, -0.2) is 42.5 Å². The van der Waals surface area contributed by atoms with Gasteiger partial charge in [-0.2, -0.15) is 16.8 Å². The van der Waals surface area contributed by atoms with Crippen LogP contribution in [0.25, 0.3) is 6.08 Å². The highest BCUT2D eigenvalue weighted by atomic mass is 32.2. The molecule has 1 aliphatic rings. The molecule has 0 fully saturated rings. The van der Waals surface area contributed by atoms with E-state index in [1.165, 1.54) is 0 Å². The summed E-state index contributed by atoms with van der Waals surface area (Å²) in [5, 5.41) is 17.1. The lowest BCUT2D eigenvalue weighted by Gasteiger charge is -2.18. The molecule has 0 aliphatic heterocycles. The third-order valence-electron chi connectivity index (χ3n) is 2.88. The van der Waals surface area contributed by atoms with E-state index >= 15 is 0 Å². The van der Waals surface area contributed by atoms with E-state index in [0.717, 1.165) is 0 Å². The van der Waals surface area contributed by atoms with Gasteiger partial charge in [0, 0.05) is 0 Å². The van der Waals surface area contributed by atoms with Gasteiger partial charge in [0.2, 0.25) is 5.78 Å². The molecule has 0 saturated heterocycles. The molecule has 0 saturated carbocycles. The summed E-state index contributed by atoms with van der Waals surface area (Å²) < 4.78 is 62.5. The molecule has 0 unspecified atom stereocenters. The number of rotatable bonds is 2. The van der Waals surface area contributed by atoms with Crippen LogP contribution in [-0.2, 0) is 20.2 Å². The number of allylic oxidation sites excluding steroid dienone is 1. The maximum Gasteiger partial charge on any atom is 0.298 e. The number of hydrogen-bond acceptors (Lipinski definition) is 8. The fourth-order valence-electron chi connectivity index (χ4n) is 1.91. The Morgan fingerprint density at radius 1 is 1.09 bits per heavy atom. The average Bonchev–Trinajstić information content (AvgIpc) is 2.34. The normalized spacial score (nSPS) is 15.5. The number of benzene rings is 1. The molecule has 22 heavy (non-hydrogen) atoms. The second kappa shape index (κ2) is 4.61. The summed E-state index contributed by atoms with van der Waals surface area (Å²) in [5.74, 6) is -2.34. The fraction of sp³-hybridized carbons (Fsp3) is 0. The van der Waals surface area contributed by atoms with E-state index in [1.54, 1.807) is 0 Å². The molecule has 0 amide bonds. The minimum Gasteiger partial charge on any atom is -0.504 e. The molecular weight excluding hydrogens is 340 g/mol. The van der Waals surface area contributed by atoms with Gasteiger partial charge < -0.3 is 10.8 Å². The molecule has 0 heterocycles. The number of phenolic OH excluding ortho intramolecular Hbond substituents is 1. The van der Waals surface area contributed by atoms with Crippen LogP contribution < -0.4 is 5.73 Å². The molecule has 0 bridgehead atoms. The molecule has 2 rings (SSSR count). The van der Waals surface area contributed by atoms with Gasteiger partial charge in [-0.15, -0.1) is 0 Å². The Kier molecular flexibility index (Phi) is 3.37. The zero-order valence-corrected chi connectivity index (χ0v) is 12.1. The first-order valence-corrected chi connectivity index (χ1v) is 8.19. The van der Waals surface area contributed by atoms with Crippen molar-refractivity contribution in [3.05, 3.63) is 22.1 Å². The van der Waals surface area contributed by atoms with Crippen molar-refractivity contribution in [2.24, 2.45) is 0 Å². The highest BCUT2D eigenvalue weighted by Crippen LogP contribution is 2.38. The molecule has 10 nitrogen and oxygen atoms in total. The van der Waals surface area contributed by atoms with Crippen LogP contribution in [0.2, 0.25) is 0 Å². The first-order valence-electron chi connectivity index (χ1n) is 5.31. The van der Waals surface area contributed by atoms with Crippen molar-refractivity contribution < 1.29 is 35.8 Å². The zero-order valence-electron chi connectivity index (χ0n) is 10.4. The molecule has 1 aromatic rings. The van der Waals surface area contributed by atoms with E-state index < -0.39 is 64.1 Å². The number of ketones is 1. The lowest BCUT2D eigenvalue weighted by Crippen LogP contribution is -2.26. The van der Waals surface area contributed by atoms with Gasteiger partial charge in [-0.25, -0.2) is 0 Å². The van der Waals surface area contributed by atoms with E-state index in [4.69, 9.17) is 20.2 Å². The first kappa shape index (κ1) is 16.1. The quantitative estimate of drug-likeness (QED) is 0.270. The van der Waals surface area contributed by atoms with E-state index in [0.29, 0.717) is 12.1 Å². The molecule has 6 N–H and O–H groups in total. The van der Waals surface area contributed by atoms with Crippen molar-refractivity contribution in [2.75, 3.05) is 5.73 Å². The van der Waals surface area contributed by atoms with Crippen LogP contribution in [0, 0.1) is 5.41 Å². The summed E-state index contributed by atoms with van der Waals surface area (Å²) in [6, 6.07) is 0.603. The number of fused-ring (bicyclic) bond motifs is 1. The van der Waals surface area contributed by atoms with E-state index in [-0.39, 0.29) is 0 Å². The standard InChI is InChI=1S/C10H8N2O8S2/c11-7-4(21(15,16)17)1-3-2-5(22(18,19)20)9(13)8(12)6(3)10(7)14/h1-2,11,13H,12H2,(H,15,16,17)(H,18,19,20). The topological polar surface area (TPSA) is 196 Å². The van der Waals surface area contributed by atoms with Crippen molar-refractivity contribution in [2.45, 2.75) is 4.90 Å². The molecule has 0 atom stereocenters. The van der Waals surface area contributed by atoms with Crippen molar-refractivity contribution in [1.29, 1.82) is 5.41 Å². The third kappa shape index (κ3) is 2.37. The number of Topliss-reactive ketones (excluding diaryl/α,β-unsaturated/α-hetero) is 1. The Bertz CT molecular complexity index is 973. The predicted octanol–water partition coefficient (Wildman–Crippen LogP) is -0.334. The lowest BCUT2D eigenvalue weighted by molar-refractivity contribution is 0.106. The maximum absolute atomic E-state index is 12.0. The minimum absolute atomic E-state index is 0.392. The summed E-state index contributed by atoms with van der Waals surface area (Å²) in [6.07, 6.45) is 0.638. The Hall–Kier alpha value is -2.28. The van der Waals surface area contributed by atoms with Crippen LogP contribution >= 0.6 is 0 Å². The van der Waals surface area contributed by atoms with Gasteiger partial charge in [-0.05, 0) is 17.7 Å². The number of hydrogen-bond donors (Lipinski definition) is 5. The smallest absolute Gasteiger partial charge is 0.298 e. The number of nitrogen functional groups attached to an aromatic ring is 1. The molecule has 0 radical (unpaired) electrons. The largest absolute Gasteiger partial charge is 0.504 e. The van der Waals surface area contributed by atoms with Gasteiger partial charge >= 0.3 is 0 Å². The monoisotopic (exact) mass is 348 g/mol. The van der Waals surface area contributed by atoms with Gasteiger partial charge in [-0.3, -0.25) is 19.3 Å².